The molecule has 0 aromatic heterocycles. The molecule has 0 radical (unpaired) electrons. The molecule has 0 aromatic rings. The van der Waals surface area contributed by atoms with Gasteiger partial charge in [0.2, 0.25) is 0 Å². The summed E-state index contributed by atoms with van der Waals surface area (Å²) in [6, 6.07) is 0. The molecule has 0 aromatic carbocycles. The molecule has 0 unspecified atom stereocenters. The number of hydrazine groups is 8. The van der Waals surface area contributed by atoms with E-state index in [-0.39, 0.29) is 0 Å². The Bertz CT molecular complexity index is 752. The van der Waals surface area contributed by atoms with Crippen LogP contribution in [0.5, 0.6) is 0 Å². The Morgan fingerprint density at radius 2 is 0.923 bits per heavy atom. The van der Waals surface area contributed by atoms with E-state index in [1.54, 1.807) is 20.5 Å². The molecular weight excluding hydrogens is 741 g/mol. The van der Waals surface area contributed by atoms with Gasteiger partial charge < -0.3 is 49.7 Å². The van der Waals surface area contributed by atoms with Crippen LogP contribution in [-0.2, 0) is 50.5 Å². The third-order valence-corrected chi connectivity index (χ3v) is 7.21. The molecule has 4 aliphatic rings. The molecule has 4 aliphatic heterocycles. The SMILES string of the molecule is S=C(S)N(N1CCCC1)N(C(=S)[S-])N1CCCN1.S=C(S)N(N1CCCC1)N(C(=S)[S-])N1CCCN1.[O]=[Mo+2]=[O]. The normalized spacial score (nSPS) is 19.7. The van der Waals surface area contributed by atoms with Crippen molar-refractivity contribution < 1.29 is 25.3 Å². The Hall–Kier alpha value is 0.748. The molecule has 21 heteroatoms. The second-order valence-corrected chi connectivity index (χ2v) is 13.0. The van der Waals surface area contributed by atoms with Crippen LogP contribution in [0.2, 0.25) is 0 Å². The fraction of sp³-hybridized carbons (Fsp3) is 0.778. The van der Waals surface area contributed by atoms with Crippen LogP contribution >= 0.6 is 74.1 Å². The molecular formula is C18H32MoN10O2S8. The van der Waals surface area contributed by atoms with Gasteiger partial charge in [-0.3, -0.25) is 0 Å². The van der Waals surface area contributed by atoms with Crippen molar-refractivity contribution in [2.75, 3.05) is 52.4 Å². The van der Waals surface area contributed by atoms with Crippen molar-refractivity contribution in [3.63, 3.8) is 0 Å². The topological polar surface area (TPSA) is 84.1 Å². The third-order valence-electron chi connectivity index (χ3n) is 5.87. The van der Waals surface area contributed by atoms with Crippen molar-refractivity contribution in [3.8, 4) is 0 Å². The van der Waals surface area contributed by atoms with Gasteiger partial charge >= 0.3 is 25.3 Å². The first-order valence-corrected chi connectivity index (χ1v) is 17.1. The fourth-order valence-corrected chi connectivity index (χ4v) is 5.85. The van der Waals surface area contributed by atoms with Crippen LogP contribution < -0.4 is 10.9 Å². The molecule has 12 nitrogen and oxygen atoms in total. The summed E-state index contributed by atoms with van der Waals surface area (Å²) in [6.07, 6.45) is 6.72. The van der Waals surface area contributed by atoms with Crippen LogP contribution in [-0.4, -0.2) is 110 Å². The van der Waals surface area contributed by atoms with Crippen LogP contribution in [0.1, 0.15) is 38.5 Å². The Morgan fingerprint density at radius 1 is 0.615 bits per heavy atom. The molecule has 0 saturated carbocycles. The average Bonchev–Trinajstić information content (AvgIpc) is 3.70. The standard InChI is InChI=1S/2C9H17N5S4.Mo.2O/c2*15-8(16)13(11-5-1-2-6-11)14(9(17)18)12-7-3-4-10-12;;;/h2*10H,1-7H2,(H,15,16)(H,17,18);;;/q;;+2;;/p-2. The molecule has 4 rings (SSSR count). The minimum absolute atomic E-state index is 0.340. The van der Waals surface area contributed by atoms with Gasteiger partial charge in [-0.25, -0.2) is 21.1 Å². The van der Waals surface area contributed by atoms with Gasteiger partial charge in [0.15, 0.2) is 8.64 Å². The van der Waals surface area contributed by atoms with E-state index in [1.807, 2.05) is 10.2 Å². The Balaban J connectivity index is 0.000000249. The number of thiocarbonyl (C=S) groups is 4. The van der Waals surface area contributed by atoms with Crippen LogP contribution in [0.25, 0.3) is 0 Å². The van der Waals surface area contributed by atoms with Crippen molar-refractivity contribution in [2.24, 2.45) is 0 Å². The van der Waals surface area contributed by atoms with Crippen molar-refractivity contribution in [1.29, 1.82) is 0 Å². The average molecular weight is 773 g/mol. The zero-order valence-electron chi connectivity index (χ0n) is 21.0. The number of nitrogens with one attached hydrogen (secondary N) is 2. The van der Waals surface area contributed by atoms with Crippen LogP contribution in [0.15, 0.2) is 0 Å². The second kappa shape index (κ2) is 19.1. The number of hydrogen-bond donors (Lipinski definition) is 4. The van der Waals surface area contributed by atoms with Crippen LogP contribution in [0, 0.1) is 0 Å². The van der Waals surface area contributed by atoms with Gasteiger partial charge in [0.05, 0.1) is 0 Å². The van der Waals surface area contributed by atoms with E-state index in [0.717, 1.165) is 90.9 Å². The summed E-state index contributed by atoms with van der Waals surface area (Å²) in [5.74, 6) is 0. The summed E-state index contributed by atoms with van der Waals surface area (Å²) >= 11 is 37.8. The van der Waals surface area contributed by atoms with E-state index in [1.165, 1.54) is 0 Å². The maximum absolute atomic E-state index is 8.50. The third kappa shape index (κ3) is 11.1. The number of nitrogens with zero attached hydrogens (tertiary/aromatic N) is 8. The molecule has 0 bridgehead atoms. The first kappa shape index (κ1) is 35.9. The number of thiol groups is 2. The van der Waals surface area contributed by atoms with Gasteiger partial charge in [0.25, 0.3) is 0 Å². The predicted octanol–water partition coefficient (Wildman–Crippen LogP) is 1.14. The predicted molar refractivity (Wildman–Crippen MR) is 172 cm³/mol. The summed E-state index contributed by atoms with van der Waals surface area (Å²) < 4.78 is 18.6. The summed E-state index contributed by atoms with van der Waals surface area (Å²) in [7, 11) is 0. The van der Waals surface area contributed by atoms with E-state index in [0.29, 0.717) is 17.3 Å². The molecule has 2 N–H and O–H groups in total. The Morgan fingerprint density at radius 3 is 1.13 bits per heavy atom. The van der Waals surface area contributed by atoms with Crippen molar-refractivity contribution in [2.45, 2.75) is 38.5 Å². The van der Waals surface area contributed by atoms with Gasteiger partial charge in [-0.05, 0) is 71.6 Å². The molecule has 0 aliphatic carbocycles. The summed E-state index contributed by atoms with van der Waals surface area (Å²) in [6.45, 7) is 7.34. The summed E-state index contributed by atoms with van der Waals surface area (Å²) in [5, 5.41) is 15.2. The summed E-state index contributed by atoms with van der Waals surface area (Å²) in [5.41, 5.74) is 6.48. The molecule has 0 spiro atoms. The maximum atomic E-state index is 8.50. The molecule has 4 saturated heterocycles. The fourth-order valence-electron chi connectivity index (χ4n) is 4.34. The number of hydrogen-bond acceptors (Lipinski definition) is 14. The van der Waals surface area contributed by atoms with Crippen molar-refractivity contribution in [1.82, 2.24) is 51.6 Å². The van der Waals surface area contributed by atoms with Gasteiger partial charge in [-0.2, -0.15) is 20.3 Å². The van der Waals surface area contributed by atoms with E-state index < -0.39 is 18.5 Å². The second-order valence-electron chi connectivity index (χ2n) is 8.41. The minimum atomic E-state index is -2.03. The zero-order valence-corrected chi connectivity index (χ0v) is 29.7. The molecule has 39 heavy (non-hydrogen) atoms. The molecule has 0 amide bonds. The Labute approximate surface area is 282 Å². The molecule has 0 atom stereocenters. The Kier molecular flexibility index (Phi) is 17.6. The number of rotatable bonds is 4. The quantitative estimate of drug-likeness (QED) is 0.108. The van der Waals surface area contributed by atoms with Gasteiger partial charge in [-0.15, -0.1) is 35.5 Å². The zero-order chi connectivity index (χ0) is 28.9. The molecule has 4 heterocycles. The van der Waals surface area contributed by atoms with Gasteiger partial charge in [0.1, 0.15) is 0 Å². The monoisotopic (exact) mass is 774 g/mol. The van der Waals surface area contributed by atoms with Gasteiger partial charge in [-0.1, -0.05) is 0 Å². The van der Waals surface area contributed by atoms with Gasteiger partial charge in [0, 0.05) is 52.4 Å². The first-order valence-electron chi connectivity index (χ1n) is 12.2. The first-order chi connectivity index (χ1) is 18.6. The van der Waals surface area contributed by atoms with E-state index in [9.17, 15) is 0 Å². The van der Waals surface area contributed by atoms with Crippen molar-refractivity contribution >= 4 is 117 Å². The van der Waals surface area contributed by atoms with E-state index in [4.69, 9.17) is 80.9 Å². The summed E-state index contributed by atoms with van der Waals surface area (Å²) in [4.78, 5) is 0. The molecule has 4 fully saturated rings. The molecule has 220 valence electrons. The van der Waals surface area contributed by atoms with E-state index >= 15 is 0 Å². The van der Waals surface area contributed by atoms with Crippen LogP contribution in [0.3, 0.4) is 0 Å². The van der Waals surface area contributed by atoms with E-state index in [2.05, 4.69) is 46.1 Å². The van der Waals surface area contributed by atoms with Crippen molar-refractivity contribution in [3.05, 3.63) is 0 Å². The van der Waals surface area contributed by atoms with Crippen LogP contribution in [0.4, 0.5) is 0 Å².